The third-order valence-corrected chi connectivity index (χ3v) is 5.20. The van der Waals surface area contributed by atoms with Crippen LogP contribution in [0.1, 0.15) is 46.0 Å². The van der Waals surface area contributed by atoms with Crippen LogP contribution in [0.2, 0.25) is 0 Å². The molecule has 0 saturated heterocycles. The Bertz CT molecular complexity index is 355. The van der Waals surface area contributed by atoms with Crippen LogP contribution in [0.3, 0.4) is 0 Å². The summed E-state index contributed by atoms with van der Waals surface area (Å²) in [4.78, 5) is 13.4. The Morgan fingerprint density at radius 2 is 1.79 bits per heavy atom. The third kappa shape index (κ3) is 8.21. The van der Waals surface area contributed by atoms with Crippen molar-refractivity contribution in [2.75, 3.05) is 25.1 Å². The van der Waals surface area contributed by atoms with Crippen molar-refractivity contribution in [2.24, 2.45) is 5.73 Å². The summed E-state index contributed by atoms with van der Waals surface area (Å²) in [6.45, 7) is 4.10. The van der Waals surface area contributed by atoms with E-state index in [2.05, 4.69) is 0 Å². The minimum atomic E-state index is -3.04. The predicted molar refractivity (Wildman–Crippen MR) is 78.7 cm³/mol. The van der Waals surface area contributed by atoms with E-state index in [0.717, 1.165) is 25.7 Å². The van der Waals surface area contributed by atoms with Crippen molar-refractivity contribution in [3.05, 3.63) is 0 Å². The number of hydrogen-bond donors (Lipinski definition) is 1. The highest BCUT2D eigenvalue weighted by Crippen LogP contribution is 2.08. The monoisotopic (exact) mass is 292 g/mol. The molecule has 0 spiro atoms. The highest BCUT2D eigenvalue weighted by atomic mass is 32.2. The number of amides is 1. The summed E-state index contributed by atoms with van der Waals surface area (Å²) in [6.07, 6.45) is 4.37. The van der Waals surface area contributed by atoms with Gasteiger partial charge in [-0.1, -0.05) is 19.8 Å². The van der Waals surface area contributed by atoms with Gasteiger partial charge in [0.2, 0.25) is 5.91 Å². The lowest BCUT2D eigenvalue weighted by Crippen LogP contribution is -2.39. The second-order valence-corrected chi connectivity index (χ2v) is 7.40. The van der Waals surface area contributed by atoms with Gasteiger partial charge in [-0.2, -0.15) is 0 Å². The second kappa shape index (κ2) is 9.31. The molecule has 19 heavy (non-hydrogen) atoms. The van der Waals surface area contributed by atoms with Crippen LogP contribution >= 0.6 is 0 Å². The van der Waals surface area contributed by atoms with E-state index in [0.29, 0.717) is 13.0 Å². The SMILES string of the molecule is CCS(=O)(=O)CC(C)N(C)C(=O)CCCCCCN. The van der Waals surface area contributed by atoms with Crippen molar-refractivity contribution in [3.8, 4) is 0 Å². The summed E-state index contributed by atoms with van der Waals surface area (Å²) in [5.41, 5.74) is 5.40. The van der Waals surface area contributed by atoms with Crippen LogP contribution in [0.5, 0.6) is 0 Å². The van der Waals surface area contributed by atoms with Crippen molar-refractivity contribution in [3.63, 3.8) is 0 Å². The molecule has 0 aliphatic carbocycles. The van der Waals surface area contributed by atoms with Crippen LogP contribution in [0.15, 0.2) is 0 Å². The minimum absolute atomic E-state index is 0.0200. The molecule has 0 aromatic rings. The number of sulfone groups is 1. The number of nitrogens with two attached hydrogens (primary N) is 1. The highest BCUT2D eigenvalue weighted by molar-refractivity contribution is 7.91. The van der Waals surface area contributed by atoms with E-state index in [-0.39, 0.29) is 23.5 Å². The Morgan fingerprint density at radius 3 is 2.32 bits per heavy atom. The van der Waals surface area contributed by atoms with E-state index in [1.807, 2.05) is 0 Å². The zero-order valence-electron chi connectivity index (χ0n) is 12.4. The standard InChI is InChI=1S/C13H28N2O3S/c1-4-19(17,18)11-12(2)15(3)13(16)9-7-5-6-8-10-14/h12H,4-11,14H2,1-3H3. The Labute approximate surface area is 117 Å². The van der Waals surface area contributed by atoms with Gasteiger partial charge >= 0.3 is 0 Å². The number of nitrogens with zero attached hydrogens (tertiary/aromatic N) is 1. The molecule has 1 unspecified atom stereocenters. The van der Waals surface area contributed by atoms with Gasteiger partial charge in [0.25, 0.3) is 0 Å². The number of rotatable bonds is 10. The first-order chi connectivity index (χ1) is 8.84. The van der Waals surface area contributed by atoms with Crippen molar-refractivity contribution in [2.45, 2.75) is 52.0 Å². The number of carbonyl (C=O) groups is 1. The Kier molecular flexibility index (Phi) is 9.01. The van der Waals surface area contributed by atoms with Gasteiger partial charge in [-0.3, -0.25) is 4.79 Å². The molecule has 0 rings (SSSR count). The molecule has 0 aliphatic heterocycles. The van der Waals surface area contributed by atoms with Crippen LogP contribution < -0.4 is 5.73 Å². The number of hydrogen-bond acceptors (Lipinski definition) is 4. The topological polar surface area (TPSA) is 80.5 Å². The lowest BCUT2D eigenvalue weighted by Gasteiger charge is -2.24. The molecule has 6 heteroatoms. The summed E-state index contributed by atoms with van der Waals surface area (Å²) in [7, 11) is -1.36. The quantitative estimate of drug-likeness (QED) is 0.613. The summed E-state index contributed by atoms with van der Waals surface area (Å²) >= 11 is 0. The molecule has 0 fully saturated rings. The average Bonchev–Trinajstić information content (AvgIpc) is 2.36. The van der Waals surface area contributed by atoms with Gasteiger partial charge in [0.15, 0.2) is 9.84 Å². The van der Waals surface area contributed by atoms with Crippen molar-refractivity contribution < 1.29 is 13.2 Å². The summed E-state index contributed by atoms with van der Waals surface area (Å²) in [5, 5.41) is 0. The number of carbonyl (C=O) groups excluding carboxylic acids is 1. The van der Waals surface area contributed by atoms with Gasteiger partial charge in [-0.25, -0.2) is 8.42 Å². The Hall–Kier alpha value is -0.620. The Morgan fingerprint density at radius 1 is 1.21 bits per heavy atom. The molecule has 0 aromatic heterocycles. The maximum atomic E-state index is 11.9. The van der Waals surface area contributed by atoms with Crippen LogP contribution in [0.25, 0.3) is 0 Å². The normalized spacial score (nSPS) is 13.3. The van der Waals surface area contributed by atoms with Crippen LogP contribution in [0.4, 0.5) is 0 Å². The van der Waals surface area contributed by atoms with Gasteiger partial charge in [0.05, 0.1) is 5.75 Å². The van der Waals surface area contributed by atoms with E-state index in [9.17, 15) is 13.2 Å². The maximum absolute atomic E-state index is 11.9. The lowest BCUT2D eigenvalue weighted by molar-refractivity contribution is -0.131. The van der Waals surface area contributed by atoms with E-state index < -0.39 is 9.84 Å². The van der Waals surface area contributed by atoms with E-state index >= 15 is 0 Å². The first-order valence-corrected chi connectivity index (χ1v) is 8.82. The van der Waals surface area contributed by atoms with Crippen LogP contribution in [-0.2, 0) is 14.6 Å². The molecule has 0 aliphatic rings. The molecule has 1 atom stereocenters. The fourth-order valence-electron chi connectivity index (χ4n) is 1.79. The molecule has 5 nitrogen and oxygen atoms in total. The molecule has 114 valence electrons. The Balaban J connectivity index is 4.04. The molecule has 2 N–H and O–H groups in total. The first kappa shape index (κ1) is 18.4. The maximum Gasteiger partial charge on any atom is 0.222 e. The zero-order chi connectivity index (χ0) is 14.9. The molecule has 0 radical (unpaired) electrons. The smallest absolute Gasteiger partial charge is 0.222 e. The van der Waals surface area contributed by atoms with Gasteiger partial charge in [0, 0.05) is 25.3 Å². The predicted octanol–water partition coefficient (Wildman–Crippen LogP) is 1.18. The molecular weight excluding hydrogens is 264 g/mol. The third-order valence-electron chi connectivity index (χ3n) is 3.33. The zero-order valence-corrected chi connectivity index (χ0v) is 13.2. The summed E-state index contributed by atoms with van der Waals surface area (Å²) in [6, 6.07) is -0.263. The fraction of sp³-hybridized carbons (Fsp3) is 0.923. The molecule has 0 heterocycles. The highest BCUT2D eigenvalue weighted by Gasteiger charge is 2.20. The largest absolute Gasteiger partial charge is 0.342 e. The van der Waals surface area contributed by atoms with Crippen LogP contribution in [-0.4, -0.2) is 50.4 Å². The molecular formula is C13H28N2O3S. The van der Waals surface area contributed by atoms with Crippen molar-refractivity contribution in [1.82, 2.24) is 4.90 Å². The second-order valence-electron chi connectivity index (χ2n) is 5.01. The van der Waals surface area contributed by atoms with Gasteiger partial charge < -0.3 is 10.6 Å². The molecule has 0 aromatic carbocycles. The first-order valence-electron chi connectivity index (χ1n) is 7.00. The molecule has 0 bridgehead atoms. The van der Waals surface area contributed by atoms with Gasteiger partial charge in [0.1, 0.15) is 0 Å². The lowest BCUT2D eigenvalue weighted by atomic mass is 10.1. The van der Waals surface area contributed by atoms with Crippen LogP contribution in [0, 0.1) is 0 Å². The fourth-order valence-corrected chi connectivity index (χ4v) is 2.99. The average molecular weight is 292 g/mol. The van der Waals surface area contributed by atoms with Crippen molar-refractivity contribution >= 4 is 15.7 Å². The summed E-state index contributed by atoms with van der Waals surface area (Å²) in [5.74, 6) is 0.184. The van der Waals surface area contributed by atoms with E-state index in [1.165, 1.54) is 0 Å². The van der Waals surface area contributed by atoms with Gasteiger partial charge in [-0.15, -0.1) is 0 Å². The number of unbranched alkanes of at least 4 members (excludes halogenated alkanes) is 3. The van der Waals surface area contributed by atoms with E-state index in [4.69, 9.17) is 5.73 Å². The van der Waals surface area contributed by atoms with E-state index in [1.54, 1.807) is 25.8 Å². The molecule has 0 saturated carbocycles. The van der Waals surface area contributed by atoms with Crippen molar-refractivity contribution in [1.29, 1.82) is 0 Å². The van der Waals surface area contributed by atoms with Gasteiger partial charge in [-0.05, 0) is 26.3 Å². The summed E-state index contributed by atoms with van der Waals surface area (Å²) < 4.78 is 23.0. The minimum Gasteiger partial charge on any atom is -0.342 e. The molecule has 1 amide bonds.